The van der Waals surface area contributed by atoms with Gasteiger partial charge in [0.1, 0.15) is 11.9 Å². The third kappa shape index (κ3) is 3.86. The summed E-state index contributed by atoms with van der Waals surface area (Å²) in [4.78, 5) is 36.3. The number of amides is 2. The number of nitrogens with zero attached hydrogens (tertiary/aromatic N) is 2. The molecule has 1 aromatic rings. The number of hydrogen-bond acceptors (Lipinski definition) is 5. The number of hydrogen-bond donors (Lipinski definition) is 3. The van der Waals surface area contributed by atoms with E-state index in [1.807, 2.05) is 45.4 Å². The molecule has 9 nitrogen and oxygen atoms in total. The smallest absolute Gasteiger partial charge is 0.407 e. The van der Waals surface area contributed by atoms with Crippen molar-refractivity contribution in [3.63, 3.8) is 0 Å². The molecule has 3 N–H and O–H groups in total. The van der Waals surface area contributed by atoms with Crippen molar-refractivity contribution in [3.8, 4) is 0 Å². The maximum atomic E-state index is 13.0. The molecule has 32 heavy (non-hydrogen) atoms. The van der Waals surface area contributed by atoms with E-state index in [1.54, 1.807) is 0 Å². The Morgan fingerprint density at radius 1 is 1.19 bits per heavy atom. The molecule has 176 valence electrons. The molecule has 0 aliphatic heterocycles. The lowest BCUT2D eigenvalue weighted by Gasteiger charge is -2.66. The molecule has 2 atom stereocenters. The average molecular weight is 447 g/mol. The highest BCUT2D eigenvalue weighted by atomic mass is 16.6. The number of ether oxygens (including phenoxy) is 1. The third-order valence-corrected chi connectivity index (χ3v) is 7.05. The fourth-order valence-corrected chi connectivity index (χ4v) is 5.44. The molecule has 2 bridgehead atoms. The molecule has 0 saturated heterocycles. The van der Waals surface area contributed by atoms with Gasteiger partial charge in [-0.3, -0.25) is 9.59 Å². The lowest BCUT2D eigenvalue weighted by molar-refractivity contribution is -0.217. The molecule has 0 unspecified atom stereocenters. The van der Waals surface area contributed by atoms with Gasteiger partial charge < -0.3 is 20.5 Å². The number of aromatic nitrogens is 2. The van der Waals surface area contributed by atoms with Crippen molar-refractivity contribution in [2.24, 2.45) is 10.8 Å². The minimum Gasteiger partial charge on any atom is -0.481 e. The van der Waals surface area contributed by atoms with E-state index >= 15 is 0 Å². The lowest BCUT2D eigenvalue weighted by Crippen LogP contribution is -2.69. The van der Waals surface area contributed by atoms with Crippen LogP contribution in [0.1, 0.15) is 84.8 Å². The first-order chi connectivity index (χ1) is 14.8. The maximum Gasteiger partial charge on any atom is 0.407 e. The van der Waals surface area contributed by atoms with Crippen LogP contribution in [0.4, 0.5) is 10.6 Å². The van der Waals surface area contributed by atoms with E-state index in [2.05, 4.69) is 10.6 Å². The molecule has 4 saturated carbocycles. The van der Waals surface area contributed by atoms with Gasteiger partial charge in [-0.15, -0.1) is 0 Å². The number of aliphatic carboxylic acids is 1. The Bertz CT molecular complexity index is 925. The third-order valence-electron chi connectivity index (χ3n) is 7.05. The first kappa shape index (κ1) is 22.6. The second kappa shape index (κ2) is 7.49. The summed E-state index contributed by atoms with van der Waals surface area (Å²) in [6.45, 7) is 9.86. The second-order valence-electron chi connectivity index (χ2n) is 11.2. The average Bonchev–Trinajstić information content (AvgIpc) is 3.17. The number of anilines is 1. The van der Waals surface area contributed by atoms with Gasteiger partial charge in [0.2, 0.25) is 5.91 Å². The Balaban J connectivity index is 1.44. The van der Waals surface area contributed by atoms with Crippen LogP contribution in [-0.2, 0) is 19.9 Å². The van der Waals surface area contributed by atoms with Gasteiger partial charge in [-0.05, 0) is 73.1 Å². The molecule has 5 rings (SSSR count). The van der Waals surface area contributed by atoms with Crippen LogP contribution in [0.5, 0.6) is 0 Å². The molecule has 1 aromatic heterocycles. The predicted molar refractivity (Wildman–Crippen MR) is 117 cm³/mol. The number of carbonyl (C=O) groups is 3. The van der Waals surface area contributed by atoms with Gasteiger partial charge in [0.05, 0.1) is 22.1 Å². The Labute approximate surface area is 188 Å². The summed E-state index contributed by atoms with van der Waals surface area (Å²) in [6.07, 6.45) is 3.04. The molecule has 1 heterocycles. The molecule has 9 heteroatoms. The Hall–Kier alpha value is -2.58. The molecule has 0 spiro atoms. The number of carboxylic acids is 1. The van der Waals surface area contributed by atoms with E-state index in [0.717, 1.165) is 18.5 Å². The summed E-state index contributed by atoms with van der Waals surface area (Å²) in [6, 6.07) is 1.95. The molecule has 4 aliphatic carbocycles. The van der Waals surface area contributed by atoms with E-state index in [9.17, 15) is 19.5 Å². The summed E-state index contributed by atoms with van der Waals surface area (Å²) < 4.78 is 7.37. The van der Waals surface area contributed by atoms with Crippen LogP contribution < -0.4 is 10.6 Å². The van der Waals surface area contributed by atoms with Crippen molar-refractivity contribution >= 4 is 23.8 Å². The lowest BCUT2D eigenvalue weighted by atomic mass is 9.35. The van der Waals surface area contributed by atoms with E-state index in [0.29, 0.717) is 31.5 Å². The van der Waals surface area contributed by atoms with E-state index in [1.165, 1.54) is 0 Å². The van der Waals surface area contributed by atoms with Crippen LogP contribution >= 0.6 is 0 Å². The summed E-state index contributed by atoms with van der Waals surface area (Å²) in [5, 5.41) is 19.9. The standard InChI is InChI=1S/C23H34N4O5/c1-13(2)24-20(31)32-15-7-6-14(8-15)16-9-17(27(26-16)21(3,4)5)25-18(28)22-10-23(11-22,12-22)19(29)30/h9,13-15H,6-8,10-12H2,1-5H3,(H,24,31)(H,25,28)(H,29,30)/t14-,15+,22?,23?/m0/s1. The zero-order valence-corrected chi connectivity index (χ0v) is 19.5. The van der Waals surface area contributed by atoms with Crippen molar-refractivity contribution in [3.05, 3.63) is 11.8 Å². The van der Waals surface area contributed by atoms with Gasteiger partial charge >= 0.3 is 12.1 Å². The highest BCUT2D eigenvalue weighted by molar-refractivity contribution is 6.00. The Morgan fingerprint density at radius 2 is 1.84 bits per heavy atom. The van der Waals surface area contributed by atoms with Gasteiger partial charge in [0.25, 0.3) is 0 Å². The minimum absolute atomic E-state index is 0.0276. The molecule has 0 radical (unpaired) electrons. The van der Waals surface area contributed by atoms with Gasteiger partial charge in [0, 0.05) is 18.0 Å². The van der Waals surface area contributed by atoms with Crippen molar-refractivity contribution in [2.45, 2.75) is 96.7 Å². The SMILES string of the molecule is CC(C)NC(=O)O[C@@H]1CC[C@H](c2cc(NC(=O)C34CC(C(=O)O)(C3)C4)n(C(C)(C)C)n2)C1. The number of carbonyl (C=O) groups excluding carboxylic acids is 2. The van der Waals surface area contributed by atoms with Crippen LogP contribution in [-0.4, -0.2) is 45.0 Å². The maximum absolute atomic E-state index is 13.0. The quantitative estimate of drug-likeness (QED) is 0.614. The van der Waals surface area contributed by atoms with Gasteiger partial charge in [-0.2, -0.15) is 5.10 Å². The molecule has 0 aromatic carbocycles. The molecular weight excluding hydrogens is 412 g/mol. The summed E-state index contributed by atoms with van der Waals surface area (Å²) in [7, 11) is 0. The number of carboxylic acid groups (broad SMARTS) is 1. The first-order valence-corrected chi connectivity index (χ1v) is 11.5. The summed E-state index contributed by atoms with van der Waals surface area (Å²) >= 11 is 0. The Morgan fingerprint density at radius 3 is 2.41 bits per heavy atom. The van der Waals surface area contributed by atoms with Gasteiger partial charge in [-0.25, -0.2) is 9.48 Å². The predicted octanol–water partition coefficient (Wildman–Crippen LogP) is 3.60. The topological polar surface area (TPSA) is 123 Å². The van der Waals surface area contributed by atoms with Crippen molar-refractivity contribution in [2.75, 3.05) is 5.32 Å². The first-order valence-electron chi connectivity index (χ1n) is 11.5. The summed E-state index contributed by atoms with van der Waals surface area (Å²) in [5.41, 5.74) is -0.700. The van der Waals surface area contributed by atoms with Crippen molar-refractivity contribution < 1.29 is 24.2 Å². The van der Waals surface area contributed by atoms with Gasteiger partial charge in [-0.1, -0.05) is 0 Å². The number of rotatable bonds is 6. The monoisotopic (exact) mass is 446 g/mol. The minimum atomic E-state index is -0.797. The van der Waals surface area contributed by atoms with E-state index in [-0.39, 0.29) is 29.5 Å². The van der Waals surface area contributed by atoms with E-state index < -0.39 is 22.9 Å². The van der Waals surface area contributed by atoms with Crippen molar-refractivity contribution in [1.29, 1.82) is 0 Å². The second-order valence-corrected chi connectivity index (χ2v) is 11.2. The van der Waals surface area contributed by atoms with Gasteiger partial charge in [0.15, 0.2) is 0 Å². The van der Waals surface area contributed by atoms with Crippen LogP contribution in [0.3, 0.4) is 0 Å². The largest absolute Gasteiger partial charge is 0.481 e. The zero-order chi connectivity index (χ0) is 23.5. The van der Waals surface area contributed by atoms with Crippen LogP contribution in [0.25, 0.3) is 0 Å². The molecule has 4 fully saturated rings. The van der Waals surface area contributed by atoms with Crippen LogP contribution in [0.15, 0.2) is 6.07 Å². The van der Waals surface area contributed by atoms with Crippen LogP contribution in [0.2, 0.25) is 0 Å². The molecule has 2 amide bonds. The number of nitrogens with one attached hydrogen (secondary N) is 2. The van der Waals surface area contributed by atoms with E-state index in [4.69, 9.17) is 9.84 Å². The van der Waals surface area contributed by atoms with Crippen LogP contribution in [0, 0.1) is 10.8 Å². The highest BCUT2D eigenvalue weighted by Crippen LogP contribution is 2.73. The normalized spacial score (nSPS) is 30.9. The molecular formula is C23H34N4O5. The molecule has 4 aliphatic rings. The fraction of sp³-hybridized carbons (Fsp3) is 0.739. The summed E-state index contributed by atoms with van der Waals surface area (Å²) in [5.74, 6) is -0.130. The van der Waals surface area contributed by atoms with Crippen molar-refractivity contribution in [1.82, 2.24) is 15.1 Å². The highest BCUT2D eigenvalue weighted by Gasteiger charge is 2.75. The zero-order valence-electron chi connectivity index (χ0n) is 19.5. The fourth-order valence-electron chi connectivity index (χ4n) is 5.44. The Kier molecular flexibility index (Phi) is 5.29. The number of alkyl carbamates (subject to hydrolysis) is 1.